The highest BCUT2D eigenvalue weighted by Crippen LogP contribution is 2.28. The zero-order chi connectivity index (χ0) is 24.9. The van der Waals surface area contributed by atoms with Gasteiger partial charge >= 0.3 is 0 Å². The molecule has 180 valence electrons. The van der Waals surface area contributed by atoms with Crippen LogP contribution in [0.4, 0.5) is 5.69 Å². The molecule has 7 nitrogen and oxygen atoms in total. The van der Waals surface area contributed by atoms with Crippen molar-refractivity contribution in [1.82, 2.24) is 10.2 Å². The Hall–Kier alpha value is -3.39. The van der Waals surface area contributed by atoms with Gasteiger partial charge in [0.2, 0.25) is 21.8 Å². The molecular weight excluding hydrogens is 450 g/mol. The van der Waals surface area contributed by atoms with Gasteiger partial charge in [-0.15, -0.1) is 0 Å². The fourth-order valence-electron chi connectivity index (χ4n) is 3.93. The summed E-state index contributed by atoms with van der Waals surface area (Å²) in [7, 11) is -3.79. The van der Waals surface area contributed by atoms with Crippen LogP contribution in [0, 0.1) is 6.92 Å². The molecule has 0 heterocycles. The van der Waals surface area contributed by atoms with Crippen LogP contribution in [0.2, 0.25) is 0 Å². The van der Waals surface area contributed by atoms with Gasteiger partial charge in [-0.2, -0.15) is 0 Å². The second kappa shape index (κ2) is 10.7. The monoisotopic (exact) mass is 481 g/mol. The zero-order valence-electron chi connectivity index (χ0n) is 20.0. The van der Waals surface area contributed by atoms with E-state index in [9.17, 15) is 18.0 Å². The number of hydrogen-bond donors (Lipinski definition) is 1. The number of nitrogens with zero attached hydrogens (tertiary/aromatic N) is 2. The summed E-state index contributed by atoms with van der Waals surface area (Å²) in [6.45, 7) is 5.62. The van der Waals surface area contributed by atoms with Crippen LogP contribution in [0.25, 0.3) is 10.8 Å². The summed E-state index contributed by atoms with van der Waals surface area (Å²) in [5.41, 5.74) is 2.32. The van der Waals surface area contributed by atoms with Gasteiger partial charge in [-0.3, -0.25) is 13.9 Å². The predicted octanol–water partition coefficient (Wildman–Crippen LogP) is 3.47. The molecule has 0 radical (unpaired) electrons. The largest absolute Gasteiger partial charge is 0.355 e. The lowest BCUT2D eigenvalue weighted by Gasteiger charge is -2.31. The summed E-state index contributed by atoms with van der Waals surface area (Å²) in [6, 6.07) is 19.7. The number of amides is 2. The number of carbonyl (C=O) groups excluding carboxylic acids is 2. The molecule has 1 N–H and O–H groups in total. The molecule has 0 saturated heterocycles. The zero-order valence-corrected chi connectivity index (χ0v) is 20.8. The third-order valence-electron chi connectivity index (χ3n) is 5.67. The van der Waals surface area contributed by atoms with Crippen LogP contribution in [0.1, 0.15) is 25.0 Å². The highest BCUT2D eigenvalue weighted by molar-refractivity contribution is 7.92. The minimum Gasteiger partial charge on any atom is -0.355 e. The van der Waals surface area contributed by atoms with Gasteiger partial charge in [0.25, 0.3) is 0 Å². The van der Waals surface area contributed by atoms with E-state index in [2.05, 4.69) is 5.32 Å². The third kappa shape index (κ3) is 5.94. The van der Waals surface area contributed by atoms with E-state index >= 15 is 0 Å². The average Bonchev–Trinajstić information content (AvgIpc) is 2.79. The van der Waals surface area contributed by atoms with E-state index in [4.69, 9.17) is 0 Å². The van der Waals surface area contributed by atoms with Gasteiger partial charge in [0.15, 0.2) is 0 Å². The van der Waals surface area contributed by atoms with Crippen LogP contribution in [0.15, 0.2) is 66.7 Å². The molecule has 0 fully saturated rings. The van der Waals surface area contributed by atoms with E-state index in [0.29, 0.717) is 12.2 Å². The number of fused-ring (bicyclic) bond motifs is 1. The fourth-order valence-corrected chi connectivity index (χ4v) is 4.79. The van der Waals surface area contributed by atoms with Crippen LogP contribution >= 0.6 is 0 Å². The summed E-state index contributed by atoms with van der Waals surface area (Å²) in [4.78, 5) is 27.7. The first-order valence-corrected chi connectivity index (χ1v) is 13.0. The van der Waals surface area contributed by atoms with Gasteiger partial charge in [0, 0.05) is 18.5 Å². The second-order valence-corrected chi connectivity index (χ2v) is 10.3. The number of benzene rings is 3. The van der Waals surface area contributed by atoms with Gasteiger partial charge in [-0.05, 0) is 37.8 Å². The molecule has 3 aromatic carbocycles. The lowest BCUT2D eigenvalue weighted by Crippen LogP contribution is -2.51. The number of hydrogen-bond acceptors (Lipinski definition) is 4. The first-order chi connectivity index (χ1) is 16.1. The highest BCUT2D eigenvalue weighted by atomic mass is 32.2. The molecular formula is C26H31N3O4S. The molecule has 0 aromatic heterocycles. The Kier molecular flexibility index (Phi) is 7.94. The number of aryl methyl sites for hydroxylation is 1. The molecule has 0 aliphatic carbocycles. The first kappa shape index (κ1) is 25.2. The number of carbonyl (C=O) groups is 2. The van der Waals surface area contributed by atoms with Crippen LogP contribution in [-0.2, 0) is 26.2 Å². The number of rotatable bonds is 9. The Morgan fingerprint density at radius 2 is 1.68 bits per heavy atom. The van der Waals surface area contributed by atoms with Crippen LogP contribution in [-0.4, -0.2) is 50.5 Å². The Balaban J connectivity index is 2.00. The summed E-state index contributed by atoms with van der Waals surface area (Å²) < 4.78 is 26.8. The molecule has 0 spiro atoms. The van der Waals surface area contributed by atoms with Crippen molar-refractivity contribution in [3.05, 3.63) is 77.9 Å². The quantitative estimate of drug-likeness (QED) is 0.507. The molecule has 8 heteroatoms. The van der Waals surface area contributed by atoms with Crippen molar-refractivity contribution < 1.29 is 18.0 Å². The van der Waals surface area contributed by atoms with Crippen LogP contribution in [0.5, 0.6) is 0 Å². The Morgan fingerprint density at radius 3 is 2.35 bits per heavy atom. The second-order valence-electron chi connectivity index (χ2n) is 8.35. The number of likely N-dealkylation sites (N-methyl/N-ethyl adjacent to an activating group) is 1. The SMILES string of the molecule is CCNC(=O)[C@@H](C)N(Cc1cccc(C)c1)C(=O)CN(c1cccc2ccccc12)S(C)(=O)=O. The van der Waals surface area contributed by atoms with E-state index < -0.39 is 28.5 Å². The van der Waals surface area contributed by atoms with Crippen molar-refractivity contribution in [3.63, 3.8) is 0 Å². The third-order valence-corrected chi connectivity index (χ3v) is 6.79. The Bertz CT molecular complexity index is 1280. The Labute approximate surface area is 201 Å². The molecule has 0 aliphatic rings. The number of sulfonamides is 1. The van der Waals surface area contributed by atoms with Gasteiger partial charge in [-0.25, -0.2) is 8.42 Å². The summed E-state index contributed by atoms with van der Waals surface area (Å²) in [5.74, 6) is -0.752. The van der Waals surface area contributed by atoms with E-state index in [1.807, 2.05) is 68.4 Å². The Morgan fingerprint density at radius 1 is 1.00 bits per heavy atom. The maximum Gasteiger partial charge on any atom is 0.244 e. The maximum absolute atomic E-state index is 13.6. The molecule has 34 heavy (non-hydrogen) atoms. The minimum atomic E-state index is -3.79. The summed E-state index contributed by atoms with van der Waals surface area (Å²) in [6.07, 6.45) is 1.08. The molecule has 3 rings (SSSR count). The van der Waals surface area contributed by atoms with E-state index in [-0.39, 0.29) is 12.5 Å². The molecule has 0 saturated carbocycles. The van der Waals surface area contributed by atoms with E-state index in [1.165, 1.54) is 4.90 Å². The molecule has 0 bridgehead atoms. The first-order valence-electron chi connectivity index (χ1n) is 11.2. The molecule has 1 atom stereocenters. The topological polar surface area (TPSA) is 86.8 Å². The minimum absolute atomic E-state index is 0.186. The fraction of sp³-hybridized carbons (Fsp3) is 0.308. The van der Waals surface area contributed by atoms with Gasteiger partial charge < -0.3 is 10.2 Å². The standard InChI is InChI=1S/C26H31N3O4S/c1-5-27-26(31)20(3)28(17-21-11-8-10-19(2)16-21)25(30)18-29(34(4,32)33)24-15-9-13-22-12-6-7-14-23(22)24/h6-16,20H,5,17-18H2,1-4H3,(H,27,31)/t20-/m1/s1. The smallest absolute Gasteiger partial charge is 0.244 e. The molecule has 0 aliphatic heterocycles. The van der Waals surface area contributed by atoms with Crippen molar-refractivity contribution in [1.29, 1.82) is 0 Å². The highest BCUT2D eigenvalue weighted by Gasteiger charge is 2.30. The van der Waals surface area contributed by atoms with Crippen molar-refractivity contribution in [2.75, 3.05) is 23.7 Å². The van der Waals surface area contributed by atoms with Crippen molar-refractivity contribution in [2.24, 2.45) is 0 Å². The van der Waals surface area contributed by atoms with Gasteiger partial charge in [0.1, 0.15) is 12.6 Å². The maximum atomic E-state index is 13.6. The van der Waals surface area contributed by atoms with E-state index in [1.54, 1.807) is 19.1 Å². The van der Waals surface area contributed by atoms with Crippen molar-refractivity contribution in [2.45, 2.75) is 33.4 Å². The normalized spacial score (nSPS) is 12.2. The van der Waals surface area contributed by atoms with Crippen LogP contribution in [0.3, 0.4) is 0 Å². The van der Waals surface area contributed by atoms with Crippen LogP contribution < -0.4 is 9.62 Å². The van der Waals surface area contributed by atoms with Gasteiger partial charge in [-0.1, -0.05) is 66.2 Å². The lowest BCUT2D eigenvalue weighted by atomic mass is 10.1. The van der Waals surface area contributed by atoms with Crippen molar-refractivity contribution in [3.8, 4) is 0 Å². The molecule has 3 aromatic rings. The number of nitrogens with one attached hydrogen (secondary N) is 1. The predicted molar refractivity (Wildman–Crippen MR) is 136 cm³/mol. The number of anilines is 1. The molecule has 0 unspecified atom stereocenters. The molecule has 2 amide bonds. The lowest BCUT2D eigenvalue weighted by molar-refractivity contribution is -0.139. The van der Waals surface area contributed by atoms with Crippen molar-refractivity contribution >= 4 is 38.3 Å². The average molecular weight is 482 g/mol. The van der Waals surface area contributed by atoms with E-state index in [0.717, 1.165) is 32.5 Å². The van der Waals surface area contributed by atoms with Gasteiger partial charge in [0.05, 0.1) is 11.9 Å². The summed E-state index contributed by atoms with van der Waals surface area (Å²) >= 11 is 0. The summed E-state index contributed by atoms with van der Waals surface area (Å²) in [5, 5.41) is 4.35.